The van der Waals surface area contributed by atoms with Gasteiger partial charge in [-0.3, -0.25) is 4.79 Å². The molecule has 0 aliphatic carbocycles. The minimum Gasteiger partial charge on any atom is -0.466 e. The number of benzene rings is 2. The fraction of sp³-hybridized carbons (Fsp3) is 0.217. The number of pyridine rings is 1. The van der Waals surface area contributed by atoms with Crippen LogP contribution in [0.1, 0.15) is 16.8 Å². The van der Waals surface area contributed by atoms with Crippen LogP contribution in [0.5, 0.6) is 5.88 Å². The van der Waals surface area contributed by atoms with Crippen molar-refractivity contribution in [3.8, 4) is 17.1 Å². The Hall–Kier alpha value is -3.88. The second-order valence-electron chi connectivity index (χ2n) is 7.65. The number of para-hydroxylation sites is 1. The number of aromatic nitrogens is 4. The molecule has 9 heteroatoms. The van der Waals surface area contributed by atoms with Gasteiger partial charge in [-0.1, -0.05) is 30.3 Å². The number of ether oxygens (including phenoxy) is 1. The van der Waals surface area contributed by atoms with Gasteiger partial charge >= 0.3 is 0 Å². The highest BCUT2D eigenvalue weighted by atomic mass is 19.3. The van der Waals surface area contributed by atoms with Gasteiger partial charge in [0.2, 0.25) is 5.88 Å². The van der Waals surface area contributed by atoms with Crippen LogP contribution in [0, 0.1) is 0 Å². The number of carbonyl (C=O) groups is 1. The highest BCUT2D eigenvalue weighted by Gasteiger charge is 2.47. The molecule has 32 heavy (non-hydrogen) atoms. The number of alkyl halides is 2. The largest absolute Gasteiger partial charge is 0.466 e. The van der Waals surface area contributed by atoms with Crippen molar-refractivity contribution >= 4 is 16.8 Å². The van der Waals surface area contributed by atoms with Gasteiger partial charge in [0, 0.05) is 35.5 Å². The molecule has 4 aromatic rings. The number of hydrogen-bond donors (Lipinski definition) is 1. The molecule has 1 amide bonds. The Kier molecular flexibility index (Phi) is 5.01. The van der Waals surface area contributed by atoms with Gasteiger partial charge < -0.3 is 9.64 Å². The van der Waals surface area contributed by atoms with E-state index in [1.54, 1.807) is 48.7 Å². The van der Waals surface area contributed by atoms with Crippen LogP contribution in [0.3, 0.4) is 0 Å². The van der Waals surface area contributed by atoms with Gasteiger partial charge in [0.1, 0.15) is 5.69 Å². The molecular weight excluding hydrogens is 416 g/mol. The standard InChI is InChI=1S/C23H19F2N5O2/c24-23(25)10-11-30(22(31)17-6-3-5-16(12-17)19-13-26-29-28-19)14-20(23)32-21-9-8-15-4-1-2-7-18(15)27-21/h1-9,12-13,20H,10-11,14H2,(H,26,28,29). The maximum Gasteiger partial charge on any atom is 0.287 e. The Morgan fingerprint density at radius 1 is 1.12 bits per heavy atom. The number of rotatable bonds is 4. The fourth-order valence-corrected chi connectivity index (χ4v) is 3.77. The van der Waals surface area contributed by atoms with E-state index >= 15 is 0 Å². The summed E-state index contributed by atoms with van der Waals surface area (Å²) in [6, 6.07) is 17.6. The maximum atomic E-state index is 14.6. The van der Waals surface area contributed by atoms with Gasteiger partial charge in [-0.2, -0.15) is 15.4 Å². The summed E-state index contributed by atoms with van der Waals surface area (Å²) in [5.41, 5.74) is 2.34. The first-order chi connectivity index (χ1) is 15.5. The fourth-order valence-electron chi connectivity index (χ4n) is 3.77. The Bertz CT molecular complexity index is 1260. The molecule has 1 atom stereocenters. The lowest BCUT2D eigenvalue weighted by Gasteiger charge is -2.38. The molecule has 1 N–H and O–H groups in total. The first-order valence-electron chi connectivity index (χ1n) is 10.2. The van der Waals surface area contributed by atoms with Gasteiger partial charge in [0.25, 0.3) is 11.8 Å². The van der Waals surface area contributed by atoms with Crippen LogP contribution in [0.2, 0.25) is 0 Å². The Labute approximate surface area is 182 Å². The van der Waals surface area contributed by atoms with Crippen molar-refractivity contribution < 1.29 is 18.3 Å². The van der Waals surface area contributed by atoms with Crippen LogP contribution in [0.25, 0.3) is 22.2 Å². The molecule has 7 nitrogen and oxygen atoms in total. The number of amides is 1. The molecular formula is C23H19F2N5O2. The zero-order valence-electron chi connectivity index (χ0n) is 16.9. The van der Waals surface area contributed by atoms with Crippen molar-refractivity contribution in [2.24, 2.45) is 0 Å². The number of halogens is 2. The van der Waals surface area contributed by atoms with Crippen LogP contribution < -0.4 is 4.74 Å². The number of likely N-dealkylation sites (tertiary alicyclic amines) is 1. The summed E-state index contributed by atoms with van der Waals surface area (Å²) in [7, 11) is 0. The molecule has 1 aliphatic heterocycles. The minimum absolute atomic E-state index is 0.0645. The molecule has 0 spiro atoms. The van der Waals surface area contributed by atoms with Crippen molar-refractivity contribution in [1.29, 1.82) is 0 Å². The van der Waals surface area contributed by atoms with Crippen LogP contribution in [0.4, 0.5) is 8.78 Å². The Morgan fingerprint density at radius 3 is 2.84 bits per heavy atom. The van der Waals surface area contributed by atoms with Crippen LogP contribution in [-0.4, -0.2) is 56.3 Å². The van der Waals surface area contributed by atoms with Crippen LogP contribution >= 0.6 is 0 Å². The predicted molar refractivity (Wildman–Crippen MR) is 113 cm³/mol. The second kappa shape index (κ2) is 7.99. The monoisotopic (exact) mass is 435 g/mol. The molecule has 2 aromatic heterocycles. The van der Waals surface area contributed by atoms with Gasteiger partial charge in [0.15, 0.2) is 6.10 Å². The first-order valence-corrected chi connectivity index (χ1v) is 10.2. The molecule has 1 fully saturated rings. The van der Waals surface area contributed by atoms with E-state index in [9.17, 15) is 13.6 Å². The molecule has 0 saturated carbocycles. The number of piperidine rings is 1. The van der Waals surface area contributed by atoms with E-state index in [0.29, 0.717) is 22.3 Å². The van der Waals surface area contributed by atoms with Crippen LogP contribution in [0.15, 0.2) is 66.9 Å². The van der Waals surface area contributed by atoms with Gasteiger partial charge in [-0.15, -0.1) is 0 Å². The molecule has 1 aliphatic rings. The van der Waals surface area contributed by atoms with E-state index in [4.69, 9.17) is 4.74 Å². The molecule has 0 radical (unpaired) electrons. The molecule has 162 valence electrons. The molecule has 5 rings (SSSR count). The zero-order valence-corrected chi connectivity index (χ0v) is 16.9. The van der Waals surface area contributed by atoms with E-state index < -0.39 is 18.4 Å². The third-order valence-corrected chi connectivity index (χ3v) is 5.52. The number of hydrogen-bond acceptors (Lipinski definition) is 5. The SMILES string of the molecule is O=C(c1cccc(-c2cn[nH]n2)c1)N1CCC(F)(F)C(Oc2ccc3ccccc3n2)C1. The highest BCUT2D eigenvalue weighted by molar-refractivity contribution is 5.95. The lowest BCUT2D eigenvalue weighted by molar-refractivity contribution is -0.131. The third-order valence-electron chi connectivity index (χ3n) is 5.52. The summed E-state index contributed by atoms with van der Waals surface area (Å²) in [4.78, 5) is 18.8. The molecule has 1 saturated heterocycles. The summed E-state index contributed by atoms with van der Waals surface area (Å²) in [5, 5.41) is 11.2. The summed E-state index contributed by atoms with van der Waals surface area (Å²) >= 11 is 0. The topological polar surface area (TPSA) is 84.0 Å². The second-order valence-corrected chi connectivity index (χ2v) is 7.65. The van der Waals surface area contributed by atoms with E-state index in [1.165, 1.54) is 4.90 Å². The number of fused-ring (bicyclic) bond motifs is 1. The van der Waals surface area contributed by atoms with E-state index in [1.807, 2.05) is 18.2 Å². The van der Waals surface area contributed by atoms with Crippen molar-refractivity contribution in [2.45, 2.75) is 18.4 Å². The van der Waals surface area contributed by atoms with E-state index in [2.05, 4.69) is 20.4 Å². The summed E-state index contributed by atoms with van der Waals surface area (Å²) < 4.78 is 34.9. The van der Waals surface area contributed by atoms with Crippen molar-refractivity contribution in [3.63, 3.8) is 0 Å². The highest BCUT2D eigenvalue weighted by Crippen LogP contribution is 2.32. The molecule has 2 aromatic carbocycles. The first kappa shape index (κ1) is 20.0. The molecule has 1 unspecified atom stereocenters. The quantitative estimate of drug-likeness (QED) is 0.525. The van der Waals surface area contributed by atoms with Gasteiger partial charge in [-0.25, -0.2) is 13.8 Å². The van der Waals surface area contributed by atoms with Gasteiger partial charge in [-0.05, 0) is 24.3 Å². The third kappa shape index (κ3) is 3.89. The average Bonchev–Trinajstić information content (AvgIpc) is 3.35. The summed E-state index contributed by atoms with van der Waals surface area (Å²) in [5.74, 6) is -3.31. The van der Waals surface area contributed by atoms with Gasteiger partial charge in [0.05, 0.1) is 18.3 Å². The zero-order chi connectivity index (χ0) is 22.1. The summed E-state index contributed by atoms with van der Waals surface area (Å²) in [6.07, 6.45) is -0.432. The number of nitrogens with zero attached hydrogens (tertiary/aromatic N) is 4. The van der Waals surface area contributed by atoms with Crippen molar-refractivity contribution in [1.82, 2.24) is 25.3 Å². The van der Waals surface area contributed by atoms with E-state index in [-0.39, 0.29) is 24.9 Å². The lowest BCUT2D eigenvalue weighted by atomic mass is 10.0. The number of H-pyrrole nitrogens is 1. The molecule has 0 bridgehead atoms. The Morgan fingerprint density at radius 2 is 2.00 bits per heavy atom. The smallest absolute Gasteiger partial charge is 0.287 e. The number of carbonyl (C=O) groups excluding carboxylic acids is 1. The Balaban J connectivity index is 1.36. The molecule has 3 heterocycles. The maximum absolute atomic E-state index is 14.6. The van der Waals surface area contributed by atoms with Crippen molar-refractivity contribution in [3.05, 3.63) is 72.4 Å². The predicted octanol–water partition coefficient (Wildman–Crippen LogP) is 3.95. The minimum atomic E-state index is -3.08. The number of nitrogens with one attached hydrogen (secondary N) is 1. The normalized spacial score (nSPS) is 17.9. The van der Waals surface area contributed by atoms with Crippen molar-refractivity contribution in [2.75, 3.05) is 13.1 Å². The lowest BCUT2D eigenvalue weighted by Crippen LogP contribution is -2.55. The number of aromatic amines is 1. The van der Waals surface area contributed by atoms with E-state index in [0.717, 1.165) is 5.39 Å². The average molecular weight is 435 g/mol. The summed E-state index contributed by atoms with van der Waals surface area (Å²) in [6.45, 7) is -0.306. The van der Waals surface area contributed by atoms with Crippen LogP contribution in [-0.2, 0) is 0 Å².